The molecule has 0 atom stereocenters. The van der Waals surface area contributed by atoms with Crippen LogP contribution in [-0.4, -0.2) is 20.9 Å². The summed E-state index contributed by atoms with van der Waals surface area (Å²) in [6.07, 6.45) is 1.66. The average molecular weight is 276 g/mol. The molecule has 1 aromatic heterocycles. The van der Waals surface area contributed by atoms with Gasteiger partial charge in [-0.3, -0.25) is 4.68 Å². The number of nitrogens with zero attached hydrogens (tertiary/aromatic N) is 2. The molecule has 0 aliphatic carbocycles. The summed E-state index contributed by atoms with van der Waals surface area (Å²) >= 11 is 0. The van der Waals surface area contributed by atoms with E-state index in [1.807, 2.05) is 19.9 Å². The van der Waals surface area contributed by atoms with Crippen LogP contribution >= 0.6 is 0 Å². The number of carboxylic acids is 1. The van der Waals surface area contributed by atoms with E-state index in [9.17, 15) is 9.18 Å². The SMILES string of the molecule is CCc1cc(CC)n(Cc2ccc(C(=O)O)cc2F)n1. The van der Waals surface area contributed by atoms with Crippen LogP contribution in [-0.2, 0) is 19.4 Å². The van der Waals surface area contributed by atoms with Crippen molar-refractivity contribution in [1.82, 2.24) is 9.78 Å². The number of hydrogen-bond donors (Lipinski definition) is 1. The smallest absolute Gasteiger partial charge is 0.335 e. The van der Waals surface area contributed by atoms with E-state index in [4.69, 9.17) is 5.11 Å². The maximum Gasteiger partial charge on any atom is 0.335 e. The van der Waals surface area contributed by atoms with E-state index < -0.39 is 11.8 Å². The second kappa shape index (κ2) is 5.86. The fraction of sp³-hybridized carbons (Fsp3) is 0.333. The van der Waals surface area contributed by atoms with Crippen LogP contribution in [0.25, 0.3) is 0 Å². The number of carbonyl (C=O) groups is 1. The van der Waals surface area contributed by atoms with E-state index >= 15 is 0 Å². The molecule has 2 aromatic rings. The van der Waals surface area contributed by atoms with Gasteiger partial charge in [0.1, 0.15) is 5.82 Å². The third-order valence-electron chi connectivity index (χ3n) is 3.26. The highest BCUT2D eigenvalue weighted by molar-refractivity contribution is 5.87. The standard InChI is InChI=1S/C15H17FN2O2/c1-3-12-8-13(4-2)18(17-12)9-11-6-5-10(15(19)20)7-14(11)16/h5-8H,3-4,9H2,1-2H3,(H,19,20). The molecule has 1 heterocycles. The number of rotatable bonds is 5. The van der Waals surface area contributed by atoms with Crippen molar-refractivity contribution >= 4 is 5.97 Å². The van der Waals surface area contributed by atoms with Gasteiger partial charge in [0.25, 0.3) is 0 Å². The first-order valence-corrected chi connectivity index (χ1v) is 6.62. The number of hydrogen-bond acceptors (Lipinski definition) is 2. The summed E-state index contributed by atoms with van der Waals surface area (Å²) in [6, 6.07) is 5.99. The normalized spacial score (nSPS) is 10.8. The number of aryl methyl sites for hydroxylation is 2. The molecule has 2 rings (SSSR count). The van der Waals surface area contributed by atoms with Crippen molar-refractivity contribution in [3.05, 3.63) is 52.6 Å². The molecule has 0 unspecified atom stereocenters. The molecule has 1 aromatic carbocycles. The van der Waals surface area contributed by atoms with E-state index in [-0.39, 0.29) is 5.56 Å². The maximum absolute atomic E-state index is 13.9. The molecule has 4 nitrogen and oxygen atoms in total. The highest BCUT2D eigenvalue weighted by Crippen LogP contribution is 2.14. The van der Waals surface area contributed by atoms with Gasteiger partial charge < -0.3 is 5.11 Å². The van der Waals surface area contributed by atoms with E-state index in [1.165, 1.54) is 12.1 Å². The van der Waals surface area contributed by atoms with Gasteiger partial charge in [0.2, 0.25) is 0 Å². The Morgan fingerprint density at radius 3 is 2.60 bits per heavy atom. The van der Waals surface area contributed by atoms with Crippen molar-refractivity contribution in [1.29, 1.82) is 0 Å². The van der Waals surface area contributed by atoms with Crippen LogP contribution in [0.2, 0.25) is 0 Å². The van der Waals surface area contributed by atoms with Crippen LogP contribution in [0, 0.1) is 5.82 Å². The van der Waals surface area contributed by atoms with Gasteiger partial charge in [0, 0.05) is 11.3 Å². The molecule has 106 valence electrons. The number of aromatic nitrogens is 2. The number of carboxylic acid groups (broad SMARTS) is 1. The zero-order chi connectivity index (χ0) is 14.7. The summed E-state index contributed by atoms with van der Waals surface area (Å²) in [5.74, 6) is -1.64. The van der Waals surface area contributed by atoms with Crippen LogP contribution in [0.4, 0.5) is 4.39 Å². The van der Waals surface area contributed by atoms with Crippen LogP contribution in [0.5, 0.6) is 0 Å². The van der Waals surface area contributed by atoms with Crippen molar-refractivity contribution in [3.8, 4) is 0 Å². The molecule has 0 saturated heterocycles. The molecular formula is C15H17FN2O2. The first kappa shape index (κ1) is 14.2. The fourth-order valence-electron chi connectivity index (χ4n) is 2.08. The first-order valence-electron chi connectivity index (χ1n) is 6.62. The Labute approximate surface area is 116 Å². The maximum atomic E-state index is 13.9. The predicted molar refractivity (Wildman–Crippen MR) is 73.4 cm³/mol. The van der Waals surface area contributed by atoms with Gasteiger partial charge >= 0.3 is 5.97 Å². The summed E-state index contributed by atoms with van der Waals surface area (Å²) in [7, 11) is 0. The Morgan fingerprint density at radius 2 is 2.05 bits per heavy atom. The van der Waals surface area contributed by atoms with Crippen molar-refractivity contribution in [3.63, 3.8) is 0 Å². The van der Waals surface area contributed by atoms with Gasteiger partial charge in [-0.05, 0) is 31.0 Å². The lowest BCUT2D eigenvalue weighted by Crippen LogP contribution is -2.08. The van der Waals surface area contributed by atoms with Gasteiger partial charge in [-0.25, -0.2) is 9.18 Å². The Kier molecular flexibility index (Phi) is 4.17. The molecule has 1 N–H and O–H groups in total. The molecule has 0 aliphatic rings. The third kappa shape index (κ3) is 2.87. The Morgan fingerprint density at radius 1 is 1.30 bits per heavy atom. The molecule has 0 fully saturated rings. The molecule has 0 radical (unpaired) electrons. The minimum atomic E-state index is -1.13. The highest BCUT2D eigenvalue weighted by atomic mass is 19.1. The predicted octanol–water partition coefficient (Wildman–Crippen LogP) is 2.89. The lowest BCUT2D eigenvalue weighted by Gasteiger charge is -2.08. The van der Waals surface area contributed by atoms with Crippen molar-refractivity contribution in [2.45, 2.75) is 33.2 Å². The van der Waals surface area contributed by atoms with Gasteiger partial charge in [0.05, 0.1) is 17.8 Å². The zero-order valence-electron chi connectivity index (χ0n) is 11.6. The summed E-state index contributed by atoms with van der Waals surface area (Å²) in [5.41, 5.74) is 2.42. The van der Waals surface area contributed by atoms with Crippen LogP contribution in [0.15, 0.2) is 24.3 Å². The van der Waals surface area contributed by atoms with Crippen LogP contribution in [0.1, 0.15) is 41.2 Å². The number of aromatic carboxylic acids is 1. The molecule has 20 heavy (non-hydrogen) atoms. The van der Waals surface area contributed by atoms with Crippen LogP contribution in [0.3, 0.4) is 0 Å². The average Bonchev–Trinajstić information content (AvgIpc) is 2.83. The monoisotopic (exact) mass is 276 g/mol. The van der Waals surface area contributed by atoms with Crippen molar-refractivity contribution < 1.29 is 14.3 Å². The summed E-state index contributed by atoms with van der Waals surface area (Å²) in [6.45, 7) is 4.36. The zero-order valence-corrected chi connectivity index (χ0v) is 11.6. The first-order chi connectivity index (χ1) is 9.55. The van der Waals surface area contributed by atoms with E-state index in [2.05, 4.69) is 5.10 Å². The highest BCUT2D eigenvalue weighted by Gasteiger charge is 2.11. The number of halogens is 1. The van der Waals surface area contributed by atoms with Gasteiger partial charge in [-0.2, -0.15) is 5.10 Å². The molecule has 0 amide bonds. The van der Waals surface area contributed by atoms with Crippen LogP contribution < -0.4 is 0 Å². The lowest BCUT2D eigenvalue weighted by atomic mass is 10.1. The lowest BCUT2D eigenvalue weighted by molar-refractivity contribution is 0.0696. The van der Waals surface area contributed by atoms with E-state index in [1.54, 1.807) is 4.68 Å². The van der Waals surface area contributed by atoms with Crippen molar-refractivity contribution in [2.75, 3.05) is 0 Å². The Hall–Kier alpha value is -2.17. The Balaban J connectivity index is 2.30. The minimum Gasteiger partial charge on any atom is -0.478 e. The Bertz CT molecular complexity index is 635. The quantitative estimate of drug-likeness (QED) is 0.913. The largest absolute Gasteiger partial charge is 0.478 e. The molecule has 0 saturated carbocycles. The van der Waals surface area contributed by atoms with Gasteiger partial charge in [-0.1, -0.05) is 19.9 Å². The second-order valence-electron chi connectivity index (χ2n) is 4.60. The number of benzene rings is 1. The second-order valence-corrected chi connectivity index (χ2v) is 4.60. The summed E-state index contributed by atoms with van der Waals surface area (Å²) < 4.78 is 15.7. The molecule has 5 heteroatoms. The van der Waals surface area contributed by atoms with Crippen molar-refractivity contribution in [2.24, 2.45) is 0 Å². The van der Waals surface area contributed by atoms with Gasteiger partial charge in [-0.15, -0.1) is 0 Å². The molecule has 0 bridgehead atoms. The third-order valence-corrected chi connectivity index (χ3v) is 3.26. The summed E-state index contributed by atoms with van der Waals surface area (Å²) in [5, 5.41) is 13.3. The van der Waals surface area contributed by atoms with E-state index in [0.717, 1.165) is 30.3 Å². The van der Waals surface area contributed by atoms with E-state index in [0.29, 0.717) is 12.1 Å². The topological polar surface area (TPSA) is 55.1 Å². The molecule has 0 spiro atoms. The fourth-order valence-corrected chi connectivity index (χ4v) is 2.08. The summed E-state index contributed by atoms with van der Waals surface area (Å²) in [4.78, 5) is 10.8. The van der Waals surface area contributed by atoms with Gasteiger partial charge in [0.15, 0.2) is 0 Å². The molecular weight excluding hydrogens is 259 g/mol. The minimum absolute atomic E-state index is 0.0447. The molecule has 0 aliphatic heterocycles.